The number of hydrogen-bond donors (Lipinski definition) is 1. The lowest BCUT2D eigenvalue weighted by molar-refractivity contribution is -0.121. The number of halogens is 2. The lowest BCUT2D eigenvalue weighted by Crippen LogP contribution is -2.28. The Morgan fingerprint density at radius 2 is 1.55 bits per heavy atom. The number of nitrogens with zero attached hydrogens (tertiary/aromatic N) is 1. The van der Waals surface area contributed by atoms with Gasteiger partial charge < -0.3 is 9.52 Å². The van der Waals surface area contributed by atoms with Crippen LogP contribution < -0.4 is 10.3 Å². The van der Waals surface area contributed by atoms with Crippen molar-refractivity contribution in [3.63, 3.8) is 0 Å². The Bertz CT molecular complexity index is 1410. The summed E-state index contributed by atoms with van der Waals surface area (Å²) in [6.45, 7) is 0. The molecule has 6 nitrogen and oxygen atoms in total. The molecule has 8 heteroatoms. The molecule has 2 heterocycles. The number of anilines is 1. The average molecular weight is 421 g/mol. The summed E-state index contributed by atoms with van der Waals surface area (Å²) in [5.41, 5.74) is 0.741. The summed E-state index contributed by atoms with van der Waals surface area (Å²) in [6, 6.07) is 10.5. The molecule has 0 radical (unpaired) electrons. The van der Waals surface area contributed by atoms with Gasteiger partial charge in [0.05, 0.1) is 5.69 Å². The zero-order valence-corrected chi connectivity index (χ0v) is 15.8. The Morgan fingerprint density at radius 1 is 0.871 bits per heavy atom. The van der Waals surface area contributed by atoms with Crippen LogP contribution in [0, 0.1) is 11.6 Å². The van der Waals surface area contributed by atoms with Crippen LogP contribution in [-0.4, -0.2) is 16.9 Å². The molecule has 1 saturated heterocycles. The summed E-state index contributed by atoms with van der Waals surface area (Å²) in [6.07, 6.45) is 0.297. The van der Waals surface area contributed by atoms with Crippen LogP contribution in [0.1, 0.15) is 12.8 Å². The summed E-state index contributed by atoms with van der Waals surface area (Å²) in [4.78, 5) is 36.8. The second-order valence-electron chi connectivity index (χ2n) is 7.23. The number of imide groups is 1. The highest BCUT2D eigenvalue weighted by atomic mass is 19.1. The van der Waals surface area contributed by atoms with E-state index in [0.717, 1.165) is 29.2 Å². The minimum absolute atomic E-state index is 0.0638. The van der Waals surface area contributed by atoms with Crippen LogP contribution in [0.4, 0.5) is 14.5 Å². The lowest BCUT2D eigenvalue weighted by atomic mass is 9.93. The molecule has 2 aromatic rings. The Morgan fingerprint density at radius 3 is 2.23 bits per heavy atom. The Labute approximate surface area is 173 Å². The molecule has 0 unspecified atom stereocenters. The molecule has 1 N–H and O–H groups in total. The standard InChI is InChI=1S/C23H13F2NO5/c24-15-7-13-19(9-17(15)27)31-20-10-18(28)16(25)8-14(20)23(13)11-1-3-12(4-2-11)26-21(29)5-6-22(26)30/h1-4,7-10,27H,5-6H2. The first kappa shape index (κ1) is 18.9. The summed E-state index contributed by atoms with van der Waals surface area (Å²) in [7, 11) is 0. The van der Waals surface area contributed by atoms with Gasteiger partial charge in [-0.2, -0.15) is 0 Å². The Hall–Kier alpha value is -4.07. The predicted octanol–water partition coefficient (Wildman–Crippen LogP) is 4.20. The van der Waals surface area contributed by atoms with Crippen molar-refractivity contribution in [2.75, 3.05) is 4.90 Å². The molecule has 0 atom stereocenters. The van der Waals surface area contributed by atoms with E-state index in [-0.39, 0.29) is 46.9 Å². The highest BCUT2D eigenvalue weighted by Gasteiger charge is 2.30. The van der Waals surface area contributed by atoms with Crippen molar-refractivity contribution >= 4 is 28.5 Å². The SMILES string of the molecule is O=C1CCC(=O)N1c1ccc(-c2c3cc(F)c(=O)cc-3oc3cc(O)c(F)cc23)cc1. The molecular formula is C23H13F2NO5. The molecule has 0 saturated carbocycles. The number of carbonyl (C=O) groups excluding carboxylic acids is 2. The maximum Gasteiger partial charge on any atom is 0.234 e. The first-order valence-corrected chi connectivity index (χ1v) is 9.38. The van der Waals surface area contributed by atoms with Crippen molar-refractivity contribution in [1.82, 2.24) is 0 Å². The van der Waals surface area contributed by atoms with Gasteiger partial charge in [-0.15, -0.1) is 0 Å². The fourth-order valence-corrected chi connectivity index (χ4v) is 3.85. The maximum absolute atomic E-state index is 14.1. The van der Waals surface area contributed by atoms with Gasteiger partial charge in [-0.25, -0.2) is 8.78 Å². The van der Waals surface area contributed by atoms with Crippen molar-refractivity contribution in [2.24, 2.45) is 0 Å². The second kappa shape index (κ2) is 6.73. The number of phenols is 1. The predicted molar refractivity (Wildman–Crippen MR) is 108 cm³/mol. The van der Waals surface area contributed by atoms with E-state index < -0.39 is 22.8 Å². The second-order valence-corrected chi connectivity index (χ2v) is 7.23. The van der Waals surface area contributed by atoms with Gasteiger partial charge in [0.1, 0.15) is 11.3 Å². The quantitative estimate of drug-likeness (QED) is 0.387. The van der Waals surface area contributed by atoms with Crippen molar-refractivity contribution in [3.05, 3.63) is 70.4 Å². The van der Waals surface area contributed by atoms with E-state index in [1.54, 1.807) is 24.3 Å². The van der Waals surface area contributed by atoms with Gasteiger partial charge >= 0.3 is 0 Å². The number of benzene rings is 3. The van der Waals surface area contributed by atoms with E-state index in [9.17, 15) is 28.3 Å². The number of carbonyl (C=O) groups is 2. The average Bonchev–Trinajstić information content (AvgIpc) is 3.07. The van der Waals surface area contributed by atoms with Gasteiger partial charge in [0, 0.05) is 41.5 Å². The summed E-state index contributed by atoms with van der Waals surface area (Å²) in [5, 5.41) is 9.98. The minimum atomic E-state index is -0.993. The van der Waals surface area contributed by atoms with Crippen LogP contribution in [-0.2, 0) is 9.59 Å². The van der Waals surface area contributed by atoms with E-state index in [4.69, 9.17) is 4.42 Å². The fourth-order valence-electron chi connectivity index (χ4n) is 3.85. The summed E-state index contributed by atoms with van der Waals surface area (Å²) < 4.78 is 33.9. The third-order valence-corrected chi connectivity index (χ3v) is 5.31. The third kappa shape index (κ3) is 2.95. The highest BCUT2D eigenvalue weighted by molar-refractivity contribution is 6.19. The van der Waals surface area contributed by atoms with Crippen LogP contribution in [0.25, 0.3) is 33.4 Å². The summed E-state index contributed by atoms with van der Waals surface area (Å²) >= 11 is 0. The topological polar surface area (TPSA) is 87.8 Å². The number of fused-ring (bicyclic) bond motifs is 2. The first-order chi connectivity index (χ1) is 14.8. The fraction of sp³-hybridized carbons (Fsp3) is 0.0870. The van der Waals surface area contributed by atoms with Crippen molar-refractivity contribution in [3.8, 4) is 28.2 Å². The van der Waals surface area contributed by atoms with E-state index >= 15 is 0 Å². The molecule has 31 heavy (non-hydrogen) atoms. The monoisotopic (exact) mass is 421 g/mol. The molecular weight excluding hydrogens is 408 g/mol. The number of phenolic OH excluding ortho intramolecular Hbond substituents is 1. The molecule has 0 spiro atoms. The molecule has 2 amide bonds. The third-order valence-electron chi connectivity index (χ3n) is 5.31. The molecule has 0 bridgehead atoms. The number of hydrogen-bond acceptors (Lipinski definition) is 5. The molecule has 3 aliphatic rings. The van der Waals surface area contributed by atoms with E-state index in [1.165, 1.54) is 0 Å². The van der Waals surface area contributed by atoms with Crippen molar-refractivity contribution < 1.29 is 27.9 Å². The first-order valence-electron chi connectivity index (χ1n) is 9.38. The Balaban J connectivity index is 1.77. The number of amides is 2. The van der Waals surface area contributed by atoms with E-state index in [0.29, 0.717) is 16.8 Å². The van der Waals surface area contributed by atoms with Gasteiger partial charge in [-0.05, 0) is 29.8 Å². The largest absolute Gasteiger partial charge is 0.505 e. The van der Waals surface area contributed by atoms with Crippen LogP contribution in [0.15, 0.2) is 57.7 Å². The van der Waals surface area contributed by atoms with Crippen molar-refractivity contribution in [2.45, 2.75) is 12.8 Å². The zero-order valence-electron chi connectivity index (χ0n) is 15.8. The minimum Gasteiger partial charge on any atom is -0.505 e. The Kier molecular flexibility index (Phi) is 4.11. The molecule has 154 valence electrons. The van der Waals surface area contributed by atoms with Gasteiger partial charge in [0.15, 0.2) is 17.4 Å². The number of rotatable bonds is 2. The highest BCUT2D eigenvalue weighted by Crippen LogP contribution is 2.42. The van der Waals surface area contributed by atoms with Crippen LogP contribution in [0.2, 0.25) is 0 Å². The van der Waals surface area contributed by atoms with E-state index in [1.807, 2.05) is 0 Å². The van der Waals surface area contributed by atoms with Gasteiger partial charge in [0.25, 0.3) is 0 Å². The van der Waals surface area contributed by atoms with Gasteiger partial charge in [0.2, 0.25) is 17.2 Å². The van der Waals surface area contributed by atoms with Crippen LogP contribution >= 0.6 is 0 Å². The molecule has 2 aromatic carbocycles. The van der Waals surface area contributed by atoms with Gasteiger partial charge in [-0.3, -0.25) is 19.3 Å². The maximum atomic E-state index is 14.1. The molecule has 5 rings (SSSR count). The molecule has 0 aromatic heterocycles. The number of aromatic hydroxyl groups is 1. The van der Waals surface area contributed by atoms with E-state index in [2.05, 4.69) is 0 Å². The summed E-state index contributed by atoms with van der Waals surface area (Å²) in [5.74, 6) is -3.05. The molecule has 1 aliphatic carbocycles. The van der Waals surface area contributed by atoms with Gasteiger partial charge in [-0.1, -0.05) is 12.1 Å². The smallest absolute Gasteiger partial charge is 0.234 e. The lowest BCUT2D eigenvalue weighted by Gasteiger charge is -2.17. The van der Waals surface area contributed by atoms with Crippen molar-refractivity contribution in [1.29, 1.82) is 0 Å². The zero-order chi connectivity index (χ0) is 21.9. The normalized spacial score (nSPS) is 14.2. The molecule has 2 aliphatic heterocycles. The molecule has 1 fully saturated rings. The van der Waals surface area contributed by atoms with Crippen LogP contribution in [0.5, 0.6) is 5.75 Å². The van der Waals surface area contributed by atoms with Crippen LogP contribution in [0.3, 0.4) is 0 Å².